The molecule has 13 heavy (non-hydrogen) atoms. The molecule has 0 unspecified atom stereocenters. The van der Waals surface area contributed by atoms with E-state index >= 15 is 0 Å². The van der Waals surface area contributed by atoms with Crippen LogP contribution in [0.4, 0.5) is 0 Å². The van der Waals surface area contributed by atoms with Crippen LogP contribution in [0.1, 0.15) is 12.8 Å². The van der Waals surface area contributed by atoms with Crippen LogP contribution in [0.3, 0.4) is 0 Å². The molecule has 0 aromatic carbocycles. The molecule has 3 nitrogen and oxygen atoms in total. The molecule has 1 heterocycles. The van der Waals surface area contributed by atoms with Gasteiger partial charge in [-0.3, -0.25) is 4.99 Å². The molecule has 0 aliphatic carbocycles. The van der Waals surface area contributed by atoms with Gasteiger partial charge in [-0.05, 0) is 19.6 Å². The first-order valence-corrected chi connectivity index (χ1v) is 4.30. The molecule has 0 aromatic heterocycles. The van der Waals surface area contributed by atoms with Crippen molar-refractivity contribution in [1.82, 2.24) is 4.90 Å². The molecule has 68 valence electrons. The molecule has 0 aromatic rings. The van der Waals surface area contributed by atoms with Gasteiger partial charge in [-0.2, -0.15) is 5.26 Å². The van der Waals surface area contributed by atoms with Crippen molar-refractivity contribution in [2.75, 3.05) is 13.1 Å². The van der Waals surface area contributed by atoms with Gasteiger partial charge in [0.2, 0.25) is 0 Å². The Bertz CT molecular complexity index is 277. The van der Waals surface area contributed by atoms with Gasteiger partial charge in [0.1, 0.15) is 6.07 Å². The summed E-state index contributed by atoms with van der Waals surface area (Å²) in [5, 5.41) is 8.79. The van der Waals surface area contributed by atoms with Crippen LogP contribution in [0.5, 0.6) is 0 Å². The zero-order chi connectivity index (χ0) is 9.68. The predicted molar refractivity (Wildman–Crippen MR) is 53.2 cm³/mol. The number of rotatable bonds is 3. The number of aliphatic imine (C=N–C) groups is 1. The van der Waals surface area contributed by atoms with Gasteiger partial charge in [-0.15, -0.1) is 0 Å². The molecule has 0 N–H and O–H groups in total. The molecule has 0 saturated carbocycles. The number of hydrogen-bond acceptors (Lipinski definition) is 3. The van der Waals surface area contributed by atoms with Crippen molar-refractivity contribution in [3.05, 3.63) is 24.0 Å². The highest BCUT2D eigenvalue weighted by atomic mass is 15.1. The minimum atomic E-state index is 0.511. The van der Waals surface area contributed by atoms with Crippen LogP contribution in [0.15, 0.2) is 29.0 Å². The molecule has 0 bridgehead atoms. The molecule has 1 aliphatic rings. The summed E-state index contributed by atoms with van der Waals surface area (Å²) in [7, 11) is 0. The van der Waals surface area contributed by atoms with Crippen LogP contribution in [0, 0.1) is 11.3 Å². The summed E-state index contributed by atoms with van der Waals surface area (Å²) in [4.78, 5) is 5.69. The van der Waals surface area contributed by atoms with Crippen LogP contribution in [-0.2, 0) is 0 Å². The monoisotopic (exact) mass is 175 g/mol. The maximum Gasteiger partial charge on any atom is 0.103 e. The molecule has 3 heteroatoms. The number of nitriles is 1. The molecule has 0 spiro atoms. The topological polar surface area (TPSA) is 39.4 Å². The van der Waals surface area contributed by atoms with Gasteiger partial charge in [-0.1, -0.05) is 6.58 Å². The molecular weight excluding hydrogens is 162 g/mol. The van der Waals surface area contributed by atoms with Crippen LogP contribution in [0.2, 0.25) is 0 Å². The van der Waals surface area contributed by atoms with E-state index < -0.39 is 0 Å². The third-order valence-corrected chi connectivity index (χ3v) is 2.14. The first-order valence-electron chi connectivity index (χ1n) is 4.30. The van der Waals surface area contributed by atoms with E-state index in [0.717, 1.165) is 18.8 Å². The smallest absolute Gasteiger partial charge is 0.103 e. The first kappa shape index (κ1) is 9.53. The van der Waals surface area contributed by atoms with Crippen molar-refractivity contribution < 1.29 is 0 Å². The van der Waals surface area contributed by atoms with Crippen molar-refractivity contribution in [3.8, 4) is 6.07 Å². The highest BCUT2D eigenvalue weighted by Gasteiger charge is 2.15. The fourth-order valence-electron chi connectivity index (χ4n) is 1.42. The van der Waals surface area contributed by atoms with E-state index in [-0.39, 0.29) is 0 Å². The van der Waals surface area contributed by atoms with Gasteiger partial charge < -0.3 is 4.90 Å². The third-order valence-electron chi connectivity index (χ3n) is 2.14. The third kappa shape index (κ3) is 2.19. The number of hydrogen-bond donors (Lipinski definition) is 0. The molecule has 1 rings (SSSR count). The summed E-state index contributed by atoms with van der Waals surface area (Å²) in [6.07, 6.45) is 3.82. The van der Waals surface area contributed by atoms with Crippen LogP contribution in [-0.4, -0.2) is 24.7 Å². The highest BCUT2D eigenvalue weighted by molar-refractivity contribution is 5.41. The van der Waals surface area contributed by atoms with Crippen molar-refractivity contribution in [2.45, 2.75) is 12.8 Å². The van der Waals surface area contributed by atoms with E-state index in [1.807, 2.05) is 0 Å². The molecule has 0 radical (unpaired) electrons. The quantitative estimate of drug-likeness (QED) is 0.372. The lowest BCUT2D eigenvalue weighted by Crippen LogP contribution is -2.18. The normalized spacial score (nSPS) is 16.8. The van der Waals surface area contributed by atoms with Gasteiger partial charge in [-0.25, -0.2) is 0 Å². The minimum Gasteiger partial charge on any atom is -0.371 e. The Balaban J connectivity index is 2.70. The van der Waals surface area contributed by atoms with Gasteiger partial charge in [0.05, 0.1) is 5.57 Å². The second-order valence-electron chi connectivity index (χ2n) is 2.98. The summed E-state index contributed by atoms with van der Waals surface area (Å²) in [5.41, 5.74) is 1.28. The maximum absolute atomic E-state index is 8.79. The number of allylic oxidation sites excluding steroid dienone is 1. The standard InChI is InChI=1S/C10H13N3/c1-9(10(7-11)8-12-2)13-5-3-4-6-13/h8H,1-6H2/b10-8-. The number of likely N-dealkylation sites (tertiary alicyclic amines) is 1. The average Bonchev–Trinajstić information content (AvgIpc) is 2.65. The van der Waals surface area contributed by atoms with Crippen LogP contribution < -0.4 is 0 Å². The van der Waals surface area contributed by atoms with Crippen molar-refractivity contribution in [1.29, 1.82) is 5.26 Å². The Kier molecular flexibility index (Phi) is 3.27. The molecule has 1 fully saturated rings. The molecule has 1 aliphatic heterocycles. The minimum absolute atomic E-state index is 0.511. The SMILES string of the molecule is C=N/C=C(/C#N)C(=C)N1CCCC1. The van der Waals surface area contributed by atoms with E-state index in [9.17, 15) is 0 Å². The summed E-state index contributed by atoms with van der Waals surface area (Å²) >= 11 is 0. The van der Waals surface area contributed by atoms with Crippen LogP contribution in [0.25, 0.3) is 0 Å². The summed E-state index contributed by atoms with van der Waals surface area (Å²) in [6, 6.07) is 2.07. The zero-order valence-electron chi connectivity index (χ0n) is 7.66. The maximum atomic E-state index is 8.79. The second kappa shape index (κ2) is 4.46. The molecular formula is C10H13N3. The summed E-state index contributed by atoms with van der Waals surface area (Å²) < 4.78 is 0. The lowest BCUT2D eigenvalue weighted by Gasteiger charge is -2.18. The Morgan fingerprint density at radius 1 is 1.46 bits per heavy atom. The lowest BCUT2D eigenvalue weighted by atomic mass is 10.2. The van der Waals surface area contributed by atoms with E-state index in [0.29, 0.717) is 5.57 Å². The highest BCUT2D eigenvalue weighted by Crippen LogP contribution is 2.18. The lowest BCUT2D eigenvalue weighted by molar-refractivity contribution is 0.438. The van der Waals surface area contributed by atoms with Gasteiger partial charge in [0.15, 0.2) is 0 Å². The van der Waals surface area contributed by atoms with E-state index in [4.69, 9.17) is 5.26 Å². The predicted octanol–water partition coefficient (Wildman–Crippen LogP) is 1.70. The Morgan fingerprint density at radius 2 is 2.08 bits per heavy atom. The fraction of sp³-hybridized carbons (Fsp3) is 0.400. The van der Waals surface area contributed by atoms with E-state index in [1.54, 1.807) is 0 Å². The molecule has 0 atom stereocenters. The molecule has 1 saturated heterocycles. The van der Waals surface area contributed by atoms with Crippen molar-refractivity contribution in [3.63, 3.8) is 0 Å². The van der Waals surface area contributed by atoms with Gasteiger partial charge >= 0.3 is 0 Å². The van der Waals surface area contributed by atoms with Crippen LogP contribution >= 0.6 is 0 Å². The summed E-state index contributed by atoms with van der Waals surface area (Å²) in [6.45, 7) is 9.18. The Hall–Kier alpha value is -1.56. The fourth-order valence-corrected chi connectivity index (χ4v) is 1.42. The zero-order valence-corrected chi connectivity index (χ0v) is 7.66. The largest absolute Gasteiger partial charge is 0.371 e. The molecule has 0 amide bonds. The van der Waals surface area contributed by atoms with E-state index in [1.165, 1.54) is 19.0 Å². The number of nitrogens with zero attached hydrogens (tertiary/aromatic N) is 3. The van der Waals surface area contributed by atoms with E-state index in [2.05, 4.69) is 29.3 Å². The van der Waals surface area contributed by atoms with Crippen molar-refractivity contribution in [2.24, 2.45) is 4.99 Å². The Morgan fingerprint density at radius 3 is 2.54 bits per heavy atom. The van der Waals surface area contributed by atoms with Gasteiger partial charge in [0.25, 0.3) is 0 Å². The second-order valence-corrected chi connectivity index (χ2v) is 2.98. The average molecular weight is 175 g/mol. The first-order chi connectivity index (χ1) is 6.29. The van der Waals surface area contributed by atoms with Gasteiger partial charge in [0, 0.05) is 25.0 Å². The summed E-state index contributed by atoms with van der Waals surface area (Å²) in [5.74, 6) is 0. The van der Waals surface area contributed by atoms with Crippen molar-refractivity contribution >= 4 is 6.72 Å². The Labute approximate surface area is 78.7 Å².